The number of nitrogens with one attached hydrogen (secondary N) is 2. The van der Waals surface area contributed by atoms with Gasteiger partial charge in [-0.1, -0.05) is 18.2 Å². The molecular weight excluding hydrogens is 286 g/mol. The van der Waals surface area contributed by atoms with Crippen LogP contribution in [0.1, 0.15) is 15.2 Å². The molecule has 106 valence electrons. The highest BCUT2D eigenvalue weighted by Gasteiger charge is 2.07. The van der Waals surface area contributed by atoms with Crippen LogP contribution in [-0.2, 0) is 6.42 Å². The van der Waals surface area contributed by atoms with Crippen molar-refractivity contribution in [1.82, 2.24) is 25.9 Å². The Balaban J connectivity index is 1.57. The summed E-state index contributed by atoms with van der Waals surface area (Å²) in [6.45, 7) is 0.631. The highest BCUT2D eigenvalue weighted by atomic mass is 32.1. The monoisotopic (exact) mass is 299 g/mol. The van der Waals surface area contributed by atoms with Gasteiger partial charge in [0.1, 0.15) is 0 Å². The Labute approximate surface area is 125 Å². The van der Waals surface area contributed by atoms with Crippen LogP contribution in [0.2, 0.25) is 0 Å². The third kappa shape index (κ3) is 3.32. The molecule has 0 unspecified atom stereocenters. The fourth-order valence-corrected chi connectivity index (χ4v) is 2.62. The lowest BCUT2D eigenvalue weighted by Gasteiger charge is -2.04. The number of benzene rings is 1. The van der Waals surface area contributed by atoms with E-state index in [2.05, 4.69) is 32.0 Å². The van der Waals surface area contributed by atoms with Crippen molar-refractivity contribution in [2.75, 3.05) is 6.54 Å². The summed E-state index contributed by atoms with van der Waals surface area (Å²) in [5.41, 5.74) is 1.44. The first-order valence-corrected chi connectivity index (χ1v) is 7.35. The fourth-order valence-electron chi connectivity index (χ4n) is 1.91. The predicted molar refractivity (Wildman–Crippen MR) is 80.0 cm³/mol. The maximum Gasteiger partial charge on any atom is 0.251 e. The van der Waals surface area contributed by atoms with E-state index in [0.29, 0.717) is 17.9 Å². The first-order chi connectivity index (χ1) is 10.3. The summed E-state index contributed by atoms with van der Waals surface area (Å²) in [7, 11) is 0. The van der Waals surface area contributed by atoms with E-state index in [-0.39, 0.29) is 5.91 Å². The number of H-pyrrole nitrogens is 1. The van der Waals surface area contributed by atoms with Gasteiger partial charge in [0, 0.05) is 22.5 Å². The molecule has 0 atom stereocenters. The highest BCUT2D eigenvalue weighted by Crippen LogP contribution is 2.14. The summed E-state index contributed by atoms with van der Waals surface area (Å²) < 4.78 is 0. The van der Waals surface area contributed by atoms with Crippen LogP contribution in [0.15, 0.2) is 41.8 Å². The lowest BCUT2D eigenvalue weighted by molar-refractivity contribution is 0.0954. The quantitative estimate of drug-likeness (QED) is 0.753. The van der Waals surface area contributed by atoms with Crippen molar-refractivity contribution < 1.29 is 4.79 Å². The molecule has 7 heteroatoms. The molecule has 2 aromatic heterocycles. The van der Waals surface area contributed by atoms with Gasteiger partial charge < -0.3 is 5.32 Å². The Morgan fingerprint density at radius 2 is 2.10 bits per heavy atom. The van der Waals surface area contributed by atoms with Gasteiger partial charge in [-0.2, -0.15) is 5.21 Å². The van der Waals surface area contributed by atoms with Crippen molar-refractivity contribution in [1.29, 1.82) is 0 Å². The Hall–Kier alpha value is -2.54. The van der Waals surface area contributed by atoms with Gasteiger partial charge in [-0.15, -0.1) is 21.5 Å². The summed E-state index contributed by atoms with van der Waals surface area (Å²) in [5, 5.41) is 18.6. The van der Waals surface area contributed by atoms with Gasteiger partial charge in [0.25, 0.3) is 5.91 Å². The summed E-state index contributed by atoms with van der Waals surface area (Å²) >= 11 is 1.70. The lowest BCUT2D eigenvalue weighted by atomic mass is 10.1. The van der Waals surface area contributed by atoms with Crippen molar-refractivity contribution >= 4 is 17.2 Å². The standard InChI is InChI=1S/C14H13N5OS/c20-14(15-8-7-12-2-1-9-21-12)11-5-3-10(4-6-11)13-16-18-19-17-13/h1-6,9H,7-8H2,(H,15,20)(H,16,17,18,19). The van der Waals surface area contributed by atoms with E-state index in [1.54, 1.807) is 35.6 Å². The number of tetrazole rings is 1. The topological polar surface area (TPSA) is 83.6 Å². The Morgan fingerprint density at radius 3 is 2.76 bits per heavy atom. The zero-order chi connectivity index (χ0) is 14.5. The first kappa shape index (κ1) is 13.4. The van der Waals surface area contributed by atoms with Gasteiger partial charge in [0.05, 0.1) is 0 Å². The zero-order valence-electron chi connectivity index (χ0n) is 11.1. The van der Waals surface area contributed by atoms with E-state index in [0.717, 1.165) is 12.0 Å². The second-order valence-corrected chi connectivity index (χ2v) is 5.43. The third-order valence-corrected chi connectivity index (χ3v) is 3.92. The Kier molecular flexibility index (Phi) is 4.02. The first-order valence-electron chi connectivity index (χ1n) is 6.47. The van der Waals surface area contributed by atoms with E-state index < -0.39 is 0 Å². The second-order valence-electron chi connectivity index (χ2n) is 4.40. The van der Waals surface area contributed by atoms with Crippen LogP contribution in [0, 0.1) is 0 Å². The number of rotatable bonds is 5. The molecule has 3 aromatic rings. The number of nitrogens with zero attached hydrogens (tertiary/aromatic N) is 3. The molecular formula is C14H13N5OS. The van der Waals surface area contributed by atoms with E-state index in [9.17, 15) is 4.79 Å². The number of carbonyl (C=O) groups excluding carboxylic acids is 1. The van der Waals surface area contributed by atoms with Crippen molar-refractivity contribution in [2.45, 2.75) is 6.42 Å². The molecule has 0 saturated carbocycles. The van der Waals surface area contributed by atoms with Crippen molar-refractivity contribution in [3.63, 3.8) is 0 Å². The molecule has 0 bridgehead atoms. The maximum atomic E-state index is 12.0. The molecule has 1 aromatic carbocycles. The van der Waals surface area contributed by atoms with Crippen LogP contribution in [-0.4, -0.2) is 33.1 Å². The number of aromatic nitrogens is 4. The van der Waals surface area contributed by atoms with E-state index in [4.69, 9.17) is 0 Å². The van der Waals surface area contributed by atoms with Crippen LogP contribution >= 0.6 is 11.3 Å². The van der Waals surface area contributed by atoms with Gasteiger partial charge >= 0.3 is 0 Å². The molecule has 0 aliphatic rings. The van der Waals surface area contributed by atoms with E-state index in [1.165, 1.54) is 4.88 Å². The predicted octanol–water partition coefficient (Wildman–Crippen LogP) is 1.90. The molecule has 0 fully saturated rings. The van der Waals surface area contributed by atoms with Gasteiger partial charge in [-0.05, 0) is 35.2 Å². The molecule has 0 saturated heterocycles. The smallest absolute Gasteiger partial charge is 0.251 e. The summed E-state index contributed by atoms with van der Waals surface area (Å²) in [5.74, 6) is 0.436. The SMILES string of the molecule is O=C(NCCc1cccs1)c1ccc(-c2nn[nH]n2)cc1. The van der Waals surface area contributed by atoms with Crippen LogP contribution in [0.5, 0.6) is 0 Å². The number of amides is 1. The number of thiophene rings is 1. The average Bonchev–Trinajstić information content (AvgIpc) is 3.21. The lowest BCUT2D eigenvalue weighted by Crippen LogP contribution is -2.25. The molecule has 0 spiro atoms. The Morgan fingerprint density at radius 1 is 1.24 bits per heavy atom. The number of carbonyl (C=O) groups is 1. The van der Waals surface area contributed by atoms with Crippen LogP contribution < -0.4 is 5.32 Å². The average molecular weight is 299 g/mol. The summed E-state index contributed by atoms with van der Waals surface area (Å²) in [4.78, 5) is 13.3. The Bertz CT molecular complexity index is 692. The molecule has 6 nitrogen and oxygen atoms in total. The second kappa shape index (κ2) is 6.27. The van der Waals surface area contributed by atoms with Gasteiger partial charge in [0.15, 0.2) is 0 Å². The maximum absolute atomic E-state index is 12.0. The molecule has 1 amide bonds. The molecule has 3 rings (SSSR count). The minimum atomic E-state index is -0.0776. The molecule has 0 radical (unpaired) electrons. The number of hydrogen-bond acceptors (Lipinski definition) is 5. The van der Waals surface area contributed by atoms with Crippen LogP contribution in [0.4, 0.5) is 0 Å². The summed E-state index contributed by atoms with van der Waals surface area (Å²) in [6.07, 6.45) is 0.852. The molecule has 0 aliphatic heterocycles. The van der Waals surface area contributed by atoms with Crippen LogP contribution in [0.3, 0.4) is 0 Å². The number of aromatic amines is 1. The normalized spacial score (nSPS) is 10.5. The fraction of sp³-hybridized carbons (Fsp3) is 0.143. The van der Waals surface area contributed by atoms with Gasteiger partial charge in [0.2, 0.25) is 5.82 Å². The third-order valence-electron chi connectivity index (χ3n) is 2.99. The van der Waals surface area contributed by atoms with Crippen molar-refractivity contribution in [3.8, 4) is 11.4 Å². The molecule has 0 aliphatic carbocycles. The molecule has 21 heavy (non-hydrogen) atoms. The van der Waals surface area contributed by atoms with Crippen molar-refractivity contribution in [2.24, 2.45) is 0 Å². The van der Waals surface area contributed by atoms with Crippen molar-refractivity contribution in [3.05, 3.63) is 52.2 Å². The molecule has 2 heterocycles. The minimum absolute atomic E-state index is 0.0776. The zero-order valence-corrected chi connectivity index (χ0v) is 11.9. The van der Waals surface area contributed by atoms with Gasteiger partial charge in [-0.25, -0.2) is 0 Å². The minimum Gasteiger partial charge on any atom is -0.352 e. The molecule has 2 N–H and O–H groups in total. The largest absolute Gasteiger partial charge is 0.352 e. The van der Waals surface area contributed by atoms with Gasteiger partial charge in [-0.3, -0.25) is 4.79 Å². The van der Waals surface area contributed by atoms with E-state index >= 15 is 0 Å². The number of hydrogen-bond donors (Lipinski definition) is 2. The summed E-state index contributed by atoms with van der Waals surface area (Å²) in [6, 6.07) is 11.2. The highest BCUT2D eigenvalue weighted by molar-refractivity contribution is 7.09. The van der Waals surface area contributed by atoms with E-state index in [1.807, 2.05) is 11.4 Å². The van der Waals surface area contributed by atoms with Crippen LogP contribution in [0.25, 0.3) is 11.4 Å².